The molecule has 226 valence electrons. The summed E-state index contributed by atoms with van der Waals surface area (Å²) >= 11 is 0. The quantitative estimate of drug-likeness (QED) is 0.0461. The first-order valence-corrected chi connectivity index (χ1v) is 12.8. The van der Waals surface area contributed by atoms with Crippen LogP contribution in [0.1, 0.15) is 44.1 Å². The topological polar surface area (TPSA) is 295 Å². The monoisotopic (exact) mass is 578 g/mol. The summed E-state index contributed by atoms with van der Waals surface area (Å²) in [6.45, 7) is 0.110. The average Bonchev–Trinajstić information content (AvgIpc) is 2.90. The van der Waals surface area contributed by atoms with Crippen LogP contribution < -0.4 is 38.9 Å². The lowest BCUT2D eigenvalue weighted by Gasteiger charge is -2.25. The van der Waals surface area contributed by atoms with Gasteiger partial charge in [0.2, 0.25) is 23.6 Å². The van der Waals surface area contributed by atoms with Crippen molar-refractivity contribution in [2.75, 3.05) is 6.54 Å². The Hall–Kier alpha value is -4.73. The van der Waals surface area contributed by atoms with Crippen molar-refractivity contribution in [2.24, 2.45) is 27.9 Å². The van der Waals surface area contributed by atoms with Crippen molar-refractivity contribution in [2.45, 2.75) is 69.1 Å². The number of aliphatic imine (C=N–C) groups is 1. The van der Waals surface area contributed by atoms with Gasteiger partial charge in [0.1, 0.15) is 18.1 Å². The first-order valence-electron chi connectivity index (χ1n) is 12.8. The molecule has 0 heterocycles. The van der Waals surface area contributed by atoms with E-state index in [1.807, 2.05) is 0 Å². The maximum absolute atomic E-state index is 13.2. The van der Waals surface area contributed by atoms with Crippen LogP contribution in [0.2, 0.25) is 0 Å². The van der Waals surface area contributed by atoms with E-state index in [0.717, 1.165) is 0 Å². The largest absolute Gasteiger partial charge is 0.481 e. The number of primary amides is 1. The SMILES string of the molecule is NC(=O)CCC(N)C(=O)NC(CCCN=C(N)N)C(=O)NC(CCC(=O)O)C(=O)NC(Cc1ccccc1)C(=O)O. The minimum atomic E-state index is -1.45. The molecule has 16 nitrogen and oxygen atoms in total. The first kappa shape index (κ1) is 34.3. The lowest BCUT2D eigenvalue weighted by Crippen LogP contribution is -2.57. The summed E-state index contributed by atoms with van der Waals surface area (Å²) in [7, 11) is 0. The molecule has 1 rings (SSSR count). The highest BCUT2D eigenvalue weighted by Gasteiger charge is 2.30. The molecular formula is C25H38N8O8. The van der Waals surface area contributed by atoms with Gasteiger partial charge in [-0.1, -0.05) is 30.3 Å². The smallest absolute Gasteiger partial charge is 0.326 e. The molecule has 13 N–H and O–H groups in total. The van der Waals surface area contributed by atoms with E-state index in [1.54, 1.807) is 30.3 Å². The van der Waals surface area contributed by atoms with Gasteiger partial charge < -0.3 is 49.1 Å². The minimum Gasteiger partial charge on any atom is -0.481 e. The van der Waals surface area contributed by atoms with Gasteiger partial charge >= 0.3 is 11.9 Å². The molecule has 4 atom stereocenters. The molecule has 0 aliphatic rings. The van der Waals surface area contributed by atoms with Crippen LogP contribution in [0.5, 0.6) is 0 Å². The lowest BCUT2D eigenvalue weighted by molar-refractivity contribution is -0.143. The van der Waals surface area contributed by atoms with E-state index >= 15 is 0 Å². The van der Waals surface area contributed by atoms with Gasteiger partial charge in [-0.15, -0.1) is 0 Å². The van der Waals surface area contributed by atoms with Crippen molar-refractivity contribution in [3.63, 3.8) is 0 Å². The number of nitrogens with zero attached hydrogens (tertiary/aromatic N) is 1. The molecule has 0 bridgehead atoms. The van der Waals surface area contributed by atoms with Gasteiger partial charge in [0.15, 0.2) is 5.96 Å². The Morgan fingerprint density at radius 3 is 1.85 bits per heavy atom. The van der Waals surface area contributed by atoms with Gasteiger partial charge in [0.05, 0.1) is 6.04 Å². The third kappa shape index (κ3) is 14.3. The first-order chi connectivity index (χ1) is 19.3. The van der Waals surface area contributed by atoms with Crippen LogP contribution in [-0.4, -0.2) is 82.5 Å². The number of aliphatic carboxylic acids is 2. The number of rotatable bonds is 19. The molecule has 0 fully saturated rings. The number of carboxylic acid groups (broad SMARTS) is 2. The van der Waals surface area contributed by atoms with Gasteiger partial charge in [-0.2, -0.15) is 0 Å². The van der Waals surface area contributed by atoms with Crippen LogP contribution in [-0.2, 0) is 35.2 Å². The number of nitrogens with one attached hydrogen (secondary N) is 3. The standard InChI is InChI=1S/C25H38N8O8/c26-15(8-10-19(27)34)21(37)31-16(7-4-12-30-25(28)29)22(38)32-17(9-11-20(35)36)23(39)33-18(24(40)41)13-14-5-2-1-3-6-14/h1-3,5-6,15-18H,4,7-13,26H2,(H2,27,34)(H,31,37)(H,32,38)(H,33,39)(H,35,36)(H,40,41)(H4,28,29,30). The average molecular weight is 579 g/mol. The molecule has 0 aliphatic heterocycles. The Bertz CT molecular complexity index is 1090. The van der Waals surface area contributed by atoms with Crippen molar-refractivity contribution >= 4 is 41.5 Å². The van der Waals surface area contributed by atoms with Crippen LogP contribution in [0, 0.1) is 0 Å². The summed E-state index contributed by atoms with van der Waals surface area (Å²) in [5.74, 6) is -5.98. The molecule has 0 saturated carbocycles. The maximum Gasteiger partial charge on any atom is 0.326 e. The van der Waals surface area contributed by atoms with Crippen molar-refractivity contribution in [1.82, 2.24) is 16.0 Å². The second kappa shape index (κ2) is 17.8. The van der Waals surface area contributed by atoms with Crippen molar-refractivity contribution < 1.29 is 39.0 Å². The zero-order valence-corrected chi connectivity index (χ0v) is 22.5. The predicted octanol–water partition coefficient (Wildman–Crippen LogP) is -2.72. The highest BCUT2D eigenvalue weighted by Crippen LogP contribution is 2.07. The number of carbonyl (C=O) groups excluding carboxylic acids is 4. The summed E-state index contributed by atoms with van der Waals surface area (Å²) in [6, 6.07) is 3.26. The van der Waals surface area contributed by atoms with Gasteiger partial charge in [-0.25, -0.2) is 4.79 Å². The maximum atomic E-state index is 13.2. The molecule has 1 aromatic carbocycles. The van der Waals surface area contributed by atoms with E-state index in [9.17, 15) is 33.9 Å². The number of carboxylic acids is 2. The molecule has 4 amide bonds. The van der Waals surface area contributed by atoms with Crippen molar-refractivity contribution in [3.8, 4) is 0 Å². The van der Waals surface area contributed by atoms with Crippen LogP contribution in [0.25, 0.3) is 0 Å². The molecule has 0 aromatic heterocycles. The molecule has 0 saturated heterocycles. The number of hydrogen-bond donors (Lipinski definition) is 9. The van der Waals surface area contributed by atoms with Crippen LogP contribution in [0.3, 0.4) is 0 Å². The normalized spacial score (nSPS) is 13.5. The molecule has 4 unspecified atom stereocenters. The van der Waals surface area contributed by atoms with E-state index in [0.29, 0.717) is 5.56 Å². The summed E-state index contributed by atoms with van der Waals surface area (Å²) in [5, 5.41) is 26.0. The molecule has 16 heteroatoms. The molecular weight excluding hydrogens is 540 g/mol. The summed E-state index contributed by atoms with van der Waals surface area (Å²) in [6.07, 6.45) is -0.973. The van der Waals surface area contributed by atoms with E-state index < -0.39 is 66.2 Å². The fraction of sp³-hybridized carbons (Fsp3) is 0.480. The zero-order chi connectivity index (χ0) is 30.9. The number of benzene rings is 1. The highest BCUT2D eigenvalue weighted by molar-refractivity contribution is 5.94. The third-order valence-electron chi connectivity index (χ3n) is 5.79. The Kier molecular flexibility index (Phi) is 14.9. The van der Waals surface area contributed by atoms with Gasteiger partial charge in [-0.05, 0) is 31.2 Å². The van der Waals surface area contributed by atoms with Crippen LogP contribution >= 0.6 is 0 Å². The fourth-order valence-electron chi connectivity index (χ4n) is 3.61. The molecule has 0 aliphatic carbocycles. The number of guanidine groups is 1. The predicted molar refractivity (Wildman–Crippen MR) is 147 cm³/mol. The fourth-order valence-corrected chi connectivity index (χ4v) is 3.61. The molecule has 0 radical (unpaired) electrons. The Morgan fingerprint density at radius 1 is 0.756 bits per heavy atom. The minimum absolute atomic E-state index is 0.00405. The van der Waals surface area contributed by atoms with Crippen LogP contribution in [0.4, 0.5) is 0 Å². The van der Waals surface area contributed by atoms with Gasteiger partial charge in [-0.3, -0.25) is 29.0 Å². The van der Waals surface area contributed by atoms with Gasteiger partial charge in [0, 0.05) is 25.8 Å². The summed E-state index contributed by atoms with van der Waals surface area (Å²) in [5.41, 5.74) is 22.1. The summed E-state index contributed by atoms with van der Waals surface area (Å²) < 4.78 is 0. The van der Waals surface area contributed by atoms with E-state index in [-0.39, 0.29) is 51.0 Å². The second-order valence-corrected chi connectivity index (χ2v) is 9.20. The van der Waals surface area contributed by atoms with Crippen LogP contribution in [0.15, 0.2) is 35.3 Å². The van der Waals surface area contributed by atoms with E-state index in [4.69, 9.17) is 28.0 Å². The number of nitrogens with two attached hydrogens (primary N) is 4. The zero-order valence-electron chi connectivity index (χ0n) is 22.5. The summed E-state index contributed by atoms with van der Waals surface area (Å²) in [4.78, 5) is 76.7. The van der Waals surface area contributed by atoms with Gasteiger partial charge in [0.25, 0.3) is 0 Å². The number of carbonyl (C=O) groups is 6. The molecule has 0 spiro atoms. The third-order valence-corrected chi connectivity index (χ3v) is 5.79. The Labute approximate surface area is 236 Å². The number of amides is 4. The Balaban J connectivity index is 3.08. The van der Waals surface area contributed by atoms with E-state index in [2.05, 4.69) is 20.9 Å². The second-order valence-electron chi connectivity index (χ2n) is 9.20. The van der Waals surface area contributed by atoms with Crippen molar-refractivity contribution in [3.05, 3.63) is 35.9 Å². The van der Waals surface area contributed by atoms with E-state index in [1.165, 1.54) is 0 Å². The lowest BCUT2D eigenvalue weighted by atomic mass is 10.0. The highest BCUT2D eigenvalue weighted by atomic mass is 16.4. The number of hydrogen-bond acceptors (Lipinski definition) is 8. The molecule has 1 aromatic rings. The van der Waals surface area contributed by atoms with Crippen molar-refractivity contribution in [1.29, 1.82) is 0 Å². The Morgan fingerprint density at radius 2 is 1.32 bits per heavy atom. The molecule has 41 heavy (non-hydrogen) atoms.